The fourth-order valence-electron chi connectivity index (χ4n) is 0. The van der Waals surface area contributed by atoms with E-state index < -0.39 is 55.0 Å². The third kappa shape index (κ3) is 16000. The van der Waals surface area contributed by atoms with Crippen molar-refractivity contribution in [1.82, 2.24) is 0 Å². The van der Waals surface area contributed by atoms with Gasteiger partial charge in [0.15, 0.2) is 0 Å². The molecule has 24 nitrogen and oxygen atoms in total. The summed E-state index contributed by atoms with van der Waals surface area (Å²) < 4.78 is 51.1. The Kier molecular flexibility index (Phi) is 500. The van der Waals surface area contributed by atoms with Gasteiger partial charge >= 0.3 is 135 Å². The van der Waals surface area contributed by atoms with Crippen LogP contribution in [0.25, 0.3) is 0 Å². The molecule has 0 atom stereocenters. The molecule has 37 heavy (non-hydrogen) atoms. The van der Waals surface area contributed by atoms with E-state index >= 15 is 0 Å². The second-order valence-corrected chi connectivity index (χ2v) is 4.50. The fraction of sp³-hybridized carbons (Fsp3) is 0. The molecule has 0 amide bonds. The Morgan fingerprint density at radius 3 is 0.243 bits per heavy atom. The molecule has 0 radical (unpaired) electrons. The van der Waals surface area contributed by atoms with Crippen molar-refractivity contribution >= 4 is 124 Å². The van der Waals surface area contributed by atoms with Crippen LogP contribution in [0.5, 0.6) is 0 Å². The Balaban J connectivity index is -0.00000000578. The first-order valence-electron chi connectivity index (χ1n) is 3.67. The van der Waals surface area contributed by atoms with Gasteiger partial charge in [-0.1, -0.05) is 0 Å². The van der Waals surface area contributed by atoms with E-state index in [2.05, 4.69) is 0 Å². The zero-order chi connectivity index (χ0) is 21.5. The third-order valence-corrected chi connectivity index (χ3v) is 0. The van der Waals surface area contributed by atoms with Crippen LogP contribution in [0.1, 0.15) is 0 Å². The molecule has 0 fully saturated rings. The summed E-state index contributed by atoms with van der Waals surface area (Å²) in [4.78, 5) is 102. The molecule has 0 heterocycles. The smallest absolute Gasteiger partial charge is 2.00 e. The molecular weight excluding hydrogens is 804 g/mol. The van der Waals surface area contributed by atoms with Crippen molar-refractivity contribution in [1.29, 1.82) is 0 Å². The predicted molar refractivity (Wildman–Crippen MR) is 65.8 cm³/mol. The largest absolute Gasteiger partial charge is 4.00 e. The van der Waals surface area contributed by atoms with Crippen LogP contribution in [0.3, 0.4) is 0 Å². The quantitative estimate of drug-likeness (QED) is 0.205. The minimum absolute atomic E-state index is 0. The van der Waals surface area contributed by atoms with E-state index in [1.54, 1.807) is 0 Å². The molecule has 0 aliphatic rings. The maximum Gasteiger partial charge on any atom is 4.00 e. The van der Waals surface area contributed by atoms with Gasteiger partial charge in [0, 0.05) is 55.0 Å². The van der Waals surface area contributed by atoms with Crippen LogP contribution in [0.4, 0.5) is 0 Å². The van der Waals surface area contributed by atoms with E-state index in [9.17, 15) is 0 Å². The normalized spacial score (nSPS) is 3.89. The average molecular weight is 804 g/mol. The van der Waals surface area contributed by atoms with Gasteiger partial charge in [-0.3, -0.25) is 0 Å². The van der Waals surface area contributed by atoms with Crippen molar-refractivity contribution in [2.24, 2.45) is 0 Å². The molecule has 37 heteroatoms. The van der Waals surface area contributed by atoms with Gasteiger partial charge in [-0.2, -0.15) is 0 Å². The zero-order valence-electron chi connectivity index (χ0n) is 16.6. The predicted octanol–water partition coefficient (Wildman–Crippen LogP) is -19.5. The molecule has 0 aliphatic heterocycles. The first kappa shape index (κ1) is 142. The minimum atomic E-state index is -3.63. The Labute approximate surface area is 303 Å². The summed E-state index contributed by atoms with van der Waals surface area (Å²) in [6, 6.07) is 0. The maximum absolute atomic E-state index is 8.52. The summed E-state index contributed by atoms with van der Waals surface area (Å²) >= 11 is 0. The molecule has 0 aromatic carbocycles. The molecule has 0 aromatic heterocycles. The first-order valence-corrected chi connectivity index (χ1v) is 11.0. The average Bonchev–Trinajstić information content (AvgIpc) is 2.08. The zero-order valence-corrected chi connectivity index (χ0v) is 31.9. The topological polar surface area (TPSA) is 550 Å². The van der Waals surface area contributed by atoms with Gasteiger partial charge in [-0.25, -0.2) is 0 Å². The van der Waals surface area contributed by atoms with Gasteiger partial charge in [-0.15, -0.1) is 0 Å². The second-order valence-electron chi connectivity index (χ2n) is 1.50. The summed E-state index contributed by atoms with van der Waals surface area (Å²) in [6.45, 7) is 0. The monoisotopic (exact) mass is 804 g/mol. The third-order valence-electron chi connectivity index (χ3n) is 0. The van der Waals surface area contributed by atoms with Crippen LogP contribution in [-0.4, -0.2) is 124 Å². The first-order chi connectivity index (χ1) is 10.4. The Morgan fingerprint density at radius 1 is 0.243 bits per heavy atom. The molecule has 0 bridgehead atoms. The van der Waals surface area contributed by atoms with Crippen molar-refractivity contribution in [2.75, 3.05) is 0 Å². The van der Waals surface area contributed by atoms with E-state index in [4.69, 9.17) is 84.3 Å². The van der Waals surface area contributed by atoms with Crippen molar-refractivity contribution in [3.63, 3.8) is 0 Å². The Morgan fingerprint density at radius 2 is 0.243 bits per heavy atom. The number of rotatable bonds is 0. The molecule has 0 unspecified atom stereocenters. The molecule has 0 N–H and O–H groups in total. The molecule has 0 spiro atoms. The van der Waals surface area contributed by atoms with Crippen LogP contribution >= 0.6 is 0 Å². The summed E-state index contributed by atoms with van der Waals surface area (Å²) in [5.41, 5.74) is 0. The summed E-state index contributed by atoms with van der Waals surface area (Å²) in [7, 11) is -21.8. The fourth-order valence-corrected chi connectivity index (χ4v) is 0. The van der Waals surface area contributed by atoms with E-state index in [0.29, 0.717) is 0 Å². The standard InChI is InChI=1S/4Al.6O3Si.6O.3Ti/c;;;;6*1-4(2)3;;;;;;;;;/q4*+3;12*-2;3*+4. The van der Waals surface area contributed by atoms with Crippen LogP contribution in [0, 0.1) is 0 Å². The summed E-state index contributed by atoms with van der Waals surface area (Å²) in [6.07, 6.45) is 0. The van der Waals surface area contributed by atoms with Gasteiger partial charge < -0.3 is 117 Å². The molecule has 0 aromatic rings. The molecule has 0 aliphatic carbocycles. The number of hydrogen-bond donors (Lipinski definition) is 0. The van der Waals surface area contributed by atoms with Gasteiger partial charge in [0.05, 0.1) is 0 Å². The van der Waals surface area contributed by atoms with E-state index in [-0.39, 0.29) is 167 Å². The molecule has 0 rings (SSSR count). The van der Waals surface area contributed by atoms with E-state index in [1.165, 1.54) is 0 Å². The van der Waals surface area contributed by atoms with E-state index in [0.717, 1.165) is 0 Å². The van der Waals surface area contributed by atoms with Crippen molar-refractivity contribution in [3.8, 4) is 0 Å². The molecule has 192 valence electrons. The van der Waals surface area contributed by atoms with Gasteiger partial charge in [0.2, 0.25) is 0 Å². The summed E-state index contributed by atoms with van der Waals surface area (Å²) in [5.74, 6) is 0. The SMILES string of the molecule is O=[Si]([O-])[O-].O=[Si]([O-])[O-].O=[Si]([O-])[O-].O=[Si]([O-])[O-].O=[Si]([O-])[O-].O=[Si]([O-])[O-].[Al+3].[Al+3].[Al+3].[Al+3].[O-2].[O-2].[O-2].[O-2].[O-2].[O-2].[Ti+4].[Ti+4].[Ti+4]. The van der Waals surface area contributed by atoms with Crippen LogP contribution < -0.4 is 57.5 Å². The van der Waals surface area contributed by atoms with Crippen LogP contribution in [0.15, 0.2) is 0 Å². The number of hydrogen-bond acceptors (Lipinski definition) is 18. The summed E-state index contributed by atoms with van der Waals surface area (Å²) in [5, 5.41) is 0. The second kappa shape index (κ2) is 131. The molecular formula is Al4O24Si6Ti3. The van der Waals surface area contributed by atoms with Crippen LogP contribution in [-0.2, 0) is 125 Å². The van der Waals surface area contributed by atoms with Gasteiger partial charge in [0.1, 0.15) is 0 Å². The molecule has 0 saturated carbocycles. The minimum Gasteiger partial charge on any atom is -2.00 e. The Bertz CT molecular complexity index is 286. The Hall–Kier alpha value is 1.73. The van der Waals surface area contributed by atoms with Gasteiger partial charge in [-0.05, 0) is 0 Å². The van der Waals surface area contributed by atoms with Crippen molar-refractivity contribution in [2.45, 2.75) is 0 Å². The maximum atomic E-state index is 8.52. The van der Waals surface area contributed by atoms with Crippen molar-refractivity contribution in [3.05, 3.63) is 0 Å². The van der Waals surface area contributed by atoms with Gasteiger partial charge in [0.25, 0.3) is 0 Å². The van der Waals surface area contributed by atoms with Crippen LogP contribution in [0.2, 0.25) is 0 Å². The van der Waals surface area contributed by atoms with E-state index in [1.807, 2.05) is 0 Å². The molecule has 0 saturated heterocycles. The van der Waals surface area contributed by atoms with Crippen molar-refractivity contribution < 1.29 is 182 Å².